The van der Waals surface area contributed by atoms with Gasteiger partial charge in [-0.1, -0.05) is 0 Å². The van der Waals surface area contributed by atoms with Crippen LogP contribution in [-0.4, -0.2) is 35.8 Å². The predicted octanol–water partition coefficient (Wildman–Crippen LogP) is 3.57. The lowest BCUT2D eigenvalue weighted by atomic mass is 10.3. The zero-order valence-electron chi connectivity index (χ0n) is 11.7. The second-order valence-corrected chi connectivity index (χ2v) is 6.41. The highest BCUT2D eigenvalue weighted by Gasteiger charge is 2.39. The van der Waals surface area contributed by atoms with Gasteiger partial charge in [-0.2, -0.15) is 18.2 Å². The number of aromatic nitrogens is 2. The summed E-state index contributed by atoms with van der Waals surface area (Å²) in [6, 6.07) is 1.79. The van der Waals surface area contributed by atoms with Crippen LogP contribution in [0, 0.1) is 6.92 Å². The summed E-state index contributed by atoms with van der Waals surface area (Å²) in [5.41, 5.74) is 0. The molecule has 0 aromatic carbocycles. The van der Waals surface area contributed by atoms with E-state index in [1.54, 1.807) is 7.05 Å². The van der Waals surface area contributed by atoms with Crippen molar-refractivity contribution in [2.45, 2.75) is 32.0 Å². The van der Waals surface area contributed by atoms with Crippen LogP contribution >= 0.6 is 11.3 Å². The molecule has 8 heteroatoms. The highest BCUT2D eigenvalue weighted by atomic mass is 32.1. The fourth-order valence-corrected chi connectivity index (χ4v) is 3.19. The predicted molar refractivity (Wildman–Crippen MR) is 78.1 cm³/mol. The summed E-state index contributed by atoms with van der Waals surface area (Å²) in [6.07, 6.45) is -2.69. The topological polar surface area (TPSA) is 41.1 Å². The van der Waals surface area contributed by atoms with Crippen LogP contribution in [0.5, 0.6) is 0 Å². The van der Waals surface area contributed by atoms with Crippen molar-refractivity contribution in [2.24, 2.45) is 0 Å². The number of halogens is 3. The quantitative estimate of drug-likeness (QED) is 0.936. The van der Waals surface area contributed by atoms with E-state index < -0.39 is 12.7 Å². The van der Waals surface area contributed by atoms with Crippen molar-refractivity contribution >= 4 is 33.3 Å². The summed E-state index contributed by atoms with van der Waals surface area (Å²) in [5.74, 6) is 0.737. The van der Waals surface area contributed by atoms with Crippen LogP contribution in [0.25, 0.3) is 10.2 Å². The minimum atomic E-state index is -4.25. The van der Waals surface area contributed by atoms with E-state index in [-0.39, 0.29) is 6.04 Å². The number of hydrogen-bond acceptors (Lipinski definition) is 5. The SMILES string of the molecule is CNc1nc(N(CC(F)(F)F)C2CC2)c2cc(C)sc2n1. The summed E-state index contributed by atoms with van der Waals surface area (Å²) < 4.78 is 38.6. The van der Waals surface area contributed by atoms with Crippen molar-refractivity contribution < 1.29 is 13.2 Å². The molecular weight excluding hydrogens is 301 g/mol. The number of fused-ring (bicyclic) bond motifs is 1. The number of nitrogens with zero attached hydrogens (tertiary/aromatic N) is 3. The molecule has 1 saturated carbocycles. The second-order valence-electron chi connectivity index (χ2n) is 5.17. The molecule has 0 radical (unpaired) electrons. The average molecular weight is 316 g/mol. The van der Waals surface area contributed by atoms with E-state index in [4.69, 9.17) is 0 Å². The number of alkyl halides is 3. The molecule has 21 heavy (non-hydrogen) atoms. The van der Waals surface area contributed by atoms with Crippen LogP contribution in [0.3, 0.4) is 0 Å². The van der Waals surface area contributed by atoms with Gasteiger partial charge in [0.25, 0.3) is 0 Å². The number of hydrogen-bond donors (Lipinski definition) is 1. The fourth-order valence-electron chi connectivity index (χ4n) is 2.31. The van der Waals surface area contributed by atoms with Crippen LogP contribution in [-0.2, 0) is 0 Å². The number of thiophene rings is 1. The number of aryl methyl sites for hydroxylation is 1. The molecule has 0 spiro atoms. The van der Waals surface area contributed by atoms with Crippen LogP contribution < -0.4 is 10.2 Å². The van der Waals surface area contributed by atoms with Crippen molar-refractivity contribution in [3.8, 4) is 0 Å². The van der Waals surface area contributed by atoms with E-state index in [2.05, 4.69) is 15.3 Å². The molecule has 0 bridgehead atoms. The molecule has 2 heterocycles. The molecule has 0 atom stereocenters. The lowest BCUT2D eigenvalue weighted by Crippen LogP contribution is -2.36. The molecule has 1 fully saturated rings. The third-order valence-electron chi connectivity index (χ3n) is 3.33. The van der Waals surface area contributed by atoms with Crippen molar-refractivity contribution in [1.82, 2.24) is 9.97 Å². The minimum absolute atomic E-state index is 0.0744. The Hall–Kier alpha value is -1.57. The lowest BCUT2D eigenvalue weighted by Gasteiger charge is -2.25. The molecule has 0 amide bonds. The van der Waals surface area contributed by atoms with Crippen LogP contribution in [0.4, 0.5) is 24.9 Å². The summed E-state index contributed by atoms with van der Waals surface area (Å²) in [4.78, 5) is 11.7. The Morgan fingerprint density at radius 2 is 2.10 bits per heavy atom. The van der Waals surface area contributed by atoms with E-state index >= 15 is 0 Å². The Labute approximate surface area is 124 Å². The summed E-state index contributed by atoms with van der Waals surface area (Å²) >= 11 is 1.46. The fraction of sp³-hybridized carbons (Fsp3) is 0.538. The highest BCUT2D eigenvalue weighted by Crippen LogP contribution is 2.39. The number of rotatable bonds is 4. The molecule has 0 saturated heterocycles. The van der Waals surface area contributed by atoms with Crippen LogP contribution in [0.2, 0.25) is 0 Å². The Morgan fingerprint density at radius 1 is 1.38 bits per heavy atom. The summed E-state index contributed by atoms with van der Waals surface area (Å²) in [7, 11) is 1.66. The van der Waals surface area contributed by atoms with Crippen molar-refractivity contribution in [1.29, 1.82) is 0 Å². The largest absolute Gasteiger partial charge is 0.405 e. The summed E-state index contributed by atoms with van der Waals surface area (Å²) in [6.45, 7) is 0.947. The zero-order chi connectivity index (χ0) is 15.2. The van der Waals surface area contributed by atoms with Gasteiger partial charge in [-0.15, -0.1) is 11.3 Å². The van der Waals surface area contributed by atoms with Gasteiger partial charge in [0.1, 0.15) is 17.2 Å². The van der Waals surface area contributed by atoms with Crippen molar-refractivity contribution in [3.05, 3.63) is 10.9 Å². The molecule has 4 nitrogen and oxygen atoms in total. The molecular formula is C13H15F3N4S. The van der Waals surface area contributed by atoms with Gasteiger partial charge in [0.05, 0.1) is 5.39 Å². The van der Waals surface area contributed by atoms with Crippen LogP contribution in [0.1, 0.15) is 17.7 Å². The molecule has 1 aliphatic carbocycles. The highest BCUT2D eigenvalue weighted by molar-refractivity contribution is 7.18. The van der Waals surface area contributed by atoms with Gasteiger partial charge >= 0.3 is 6.18 Å². The van der Waals surface area contributed by atoms with E-state index in [1.807, 2.05) is 13.0 Å². The standard InChI is InChI=1S/C13H15F3N4S/c1-7-5-9-10(18-12(17-2)19-11(9)21-7)20(8-3-4-8)6-13(14,15)16/h5,8H,3-4,6H2,1-2H3,(H,17,18,19). The first-order chi connectivity index (χ1) is 9.87. The molecule has 114 valence electrons. The Bertz CT molecular complexity index is 663. The summed E-state index contributed by atoms with van der Waals surface area (Å²) in [5, 5.41) is 3.52. The molecule has 0 aliphatic heterocycles. The molecule has 3 rings (SSSR count). The maximum atomic E-state index is 12.9. The molecule has 0 unspecified atom stereocenters. The Balaban J connectivity index is 2.11. The smallest absolute Gasteiger partial charge is 0.357 e. The van der Waals surface area contributed by atoms with E-state index in [1.165, 1.54) is 16.2 Å². The average Bonchev–Trinajstić information content (AvgIpc) is 3.15. The lowest BCUT2D eigenvalue weighted by molar-refractivity contribution is -0.120. The minimum Gasteiger partial charge on any atom is -0.357 e. The van der Waals surface area contributed by atoms with E-state index in [0.717, 1.165) is 22.5 Å². The zero-order valence-corrected chi connectivity index (χ0v) is 12.5. The Morgan fingerprint density at radius 3 is 2.67 bits per heavy atom. The van der Waals surface area contributed by atoms with Gasteiger partial charge < -0.3 is 10.2 Å². The number of nitrogens with one attached hydrogen (secondary N) is 1. The van der Waals surface area contributed by atoms with Crippen LogP contribution in [0.15, 0.2) is 6.07 Å². The normalized spacial score (nSPS) is 15.5. The first-order valence-corrected chi connectivity index (χ1v) is 7.48. The maximum Gasteiger partial charge on any atom is 0.405 e. The third-order valence-corrected chi connectivity index (χ3v) is 4.27. The van der Waals surface area contributed by atoms with Crippen molar-refractivity contribution in [3.63, 3.8) is 0 Å². The Kier molecular flexibility index (Phi) is 3.43. The van der Waals surface area contributed by atoms with Gasteiger partial charge in [0.2, 0.25) is 5.95 Å². The van der Waals surface area contributed by atoms with Gasteiger partial charge in [-0.05, 0) is 25.8 Å². The first-order valence-electron chi connectivity index (χ1n) is 6.67. The van der Waals surface area contributed by atoms with E-state index in [0.29, 0.717) is 17.2 Å². The van der Waals surface area contributed by atoms with Crippen molar-refractivity contribution in [2.75, 3.05) is 23.8 Å². The molecule has 2 aromatic rings. The number of anilines is 2. The monoisotopic (exact) mass is 316 g/mol. The maximum absolute atomic E-state index is 12.9. The van der Waals surface area contributed by atoms with Gasteiger partial charge in [-0.3, -0.25) is 0 Å². The second kappa shape index (κ2) is 5.01. The van der Waals surface area contributed by atoms with E-state index in [9.17, 15) is 13.2 Å². The molecule has 1 aliphatic rings. The molecule has 2 aromatic heterocycles. The first kappa shape index (κ1) is 14.4. The molecule has 1 N–H and O–H groups in total. The third kappa shape index (κ3) is 3.04. The van der Waals surface area contributed by atoms with Gasteiger partial charge in [-0.25, -0.2) is 4.98 Å². The van der Waals surface area contributed by atoms with Gasteiger partial charge in [0.15, 0.2) is 0 Å². The van der Waals surface area contributed by atoms with Gasteiger partial charge in [0, 0.05) is 18.0 Å².